The quantitative estimate of drug-likeness (QED) is 0.486. The predicted molar refractivity (Wildman–Crippen MR) is 107 cm³/mol. The fraction of sp³-hybridized carbons (Fsp3) is 0.619. The van der Waals surface area contributed by atoms with Gasteiger partial charge in [-0.05, 0) is 67.4 Å². The number of rotatable bonds is 6. The van der Waals surface area contributed by atoms with Gasteiger partial charge in [-0.15, -0.1) is 6.58 Å². The Morgan fingerprint density at radius 1 is 1.35 bits per heavy atom. The Morgan fingerprint density at radius 2 is 2.00 bits per heavy atom. The topological polar surface area (TPSA) is 26.0 Å². The van der Waals surface area contributed by atoms with Crippen LogP contribution in [0.5, 0.6) is 0 Å². The second-order valence-corrected chi connectivity index (χ2v) is 7.16. The molecule has 1 aliphatic carbocycles. The highest BCUT2D eigenvalue weighted by Crippen LogP contribution is 2.54. The zero-order valence-corrected chi connectivity index (χ0v) is 16.5. The van der Waals surface area contributed by atoms with Gasteiger partial charge in [0.25, 0.3) is 0 Å². The number of aryl methyl sites for hydroxylation is 1. The van der Waals surface area contributed by atoms with Crippen LogP contribution in [0.1, 0.15) is 76.0 Å². The van der Waals surface area contributed by atoms with Crippen LogP contribution in [-0.2, 0) is 5.54 Å². The van der Waals surface area contributed by atoms with Crippen molar-refractivity contribution in [2.45, 2.75) is 71.8 Å². The standard InChI is InChI=1S/C19H29NS.C2H6/c1-5-7-16-15(12-13(2)3)18-14(4)8-6-9-17(18)19(16,20)10-11-21;1-2/h6,8-9,15-16,21H,2,5,7,10-12,20H2,1,3-4H3;1-2H3. The number of nitrogens with two attached hydrogens (primary N) is 1. The lowest BCUT2D eigenvalue weighted by molar-refractivity contribution is 0.239. The molecule has 130 valence electrons. The molecular formula is C21H35NS. The van der Waals surface area contributed by atoms with E-state index < -0.39 is 0 Å². The number of benzene rings is 1. The van der Waals surface area contributed by atoms with Crippen LogP contribution in [0.4, 0.5) is 0 Å². The normalized spacial score (nSPS) is 25.5. The summed E-state index contributed by atoms with van der Waals surface area (Å²) in [5.74, 6) is 1.86. The van der Waals surface area contributed by atoms with E-state index in [0.29, 0.717) is 11.8 Å². The molecule has 0 aromatic heterocycles. The van der Waals surface area contributed by atoms with Crippen molar-refractivity contribution in [3.8, 4) is 0 Å². The van der Waals surface area contributed by atoms with Crippen molar-refractivity contribution in [3.63, 3.8) is 0 Å². The fourth-order valence-electron chi connectivity index (χ4n) is 4.23. The summed E-state index contributed by atoms with van der Waals surface area (Å²) in [7, 11) is 0. The lowest BCUT2D eigenvalue weighted by Gasteiger charge is -2.35. The maximum absolute atomic E-state index is 6.97. The average molecular weight is 334 g/mol. The van der Waals surface area contributed by atoms with E-state index in [4.69, 9.17) is 5.73 Å². The van der Waals surface area contributed by atoms with Gasteiger partial charge in [0.15, 0.2) is 0 Å². The molecule has 1 aromatic rings. The molecular weight excluding hydrogens is 298 g/mol. The minimum Gasteiger partial charge on any atom is -0.321 e. The molecule has 0 radical (unpaired) electrons. The molecule has 0 fully saturated rings. The summed E-state index contributed by atoms with van der Waals surface area (Å²) in [5.41, 5.74) is 12.2. The fourth-order valence-corrected chi connectivity index (χ4v) is 4.60. The summed E-state index contributed by atoms with van der Waals surface area (Å²) in [6, 6.07) is 6.62. The molecule has 0 spiro atoms. The Kier molecular flexibility index (Phi) is 7.89. The monoisotopic (exact) mass is 333 g/mol. The van der Waals surface area contributed by atoms with Crippen LogP contribution in [-0.4, -0.2) is 5.75 Å². The van der Waals surface area contributed by atoms with E-state index in [9.17, 15) is 0 Å². The zero-order valence-electron chi connectivity index (χ0n) is 15.7. The Labute approximate surface area is 149 Å². The van der Waals surface area contributed by atoms with Crippen molar-refractivity contribution in [2.24, 2.45) is 11.7 Å². The van der Waals surface area contributed by atoms with Gasteiger partial charge in [0.2, 0.25) is 0 Å². The Morgan fingerprint density at radius 3 is 2.52 bits per heavy atom. The van der Waals surface area contributed by atoms with Crippen molar-refractivity contribution in [3.05, 3.63) is 47.0 Å². The third-order valence-electron chi connectivity index (χ3n) is 5.04. The summed E-state index contributed by atoms with van der Waals surface area (Å²) in [6.07, 6.45) is 4.35. The number of hydrogen-bond acceptors (Lipinski definition) is 2. The van der Waals surface area contributed by atoms with Gasteiger partial charge in [-0.3, -0.25) is 0 Å². The molecule has 2 N–H and O–H groups in total. The van der Waals surface area contributed by atoms with Crippen molar-refractivity contribution >= 4 is 12.6 Å². The summed E-state index contributed by atoms with van der Waals surface area (Å²) >= 11 is 4.48. The van der Waals surface area contributed by atoms with E-state index in [1.54, 1.807) is 0 Å². The van der Waals surface area contributed by atoms with E-state index in [1.807, 2.05) is 13.8 Å². The van der Waals surface area contributed by atoms with Gasteiger partial charge >= 0.3 is 0 Å². The summed E-state index contributed by atoms with van der Waals surface area (Å²) in [6.45, 7) is 14.8. The van der Waals surface area contributed by atoms with Gasteiger partial charge in [0.05, 0.1) is 0 Å². The first kappa shape index (κ1) is 20.3. The van der Waals surface area contributed by atoms with Crippen LogP contribution in [0.15, 0.2) is 30.4 Å². The third kappa shape index (κ3) is 4.03. The van der Waals surface area contributed by atoms with Gasteiger partial charge in [0, 0.05) is 5.54 Å². The lowest BCUT2D eigenvalue weighted by atomic mass is 9.75. The first-order chi connectivity index (χ1) is 11.0. The van der Waals surface area contributed by atoms with Gasteiger partial charge < -0.3 is 5.73 Å². The number of hydrogen-bond donors (Lipinski definition) is 2. The first-order valence-electron chi connectivity index (χ1n) is 9.09. The molecule has 1 nitrogen and oxygen atoms in total. The Hall–Kier alpha value is -0.730. The molecule has 3 unspecified atom stereocenters. The largest absolute Gasteiger partial charge is 0.321 e. The lowest BCUT2D eigenvalue weighted by Crippen LogP contribution is -2.42. The van der Waals surface area contributed by atoms with Crippen molar-refractivity contribution < 1.29 is 0 Å². The SMILES string of the molecule is C=C(C)CC1c2c(C)cccc2C(N)(CCS)C1CCC.CC. The molecule has 0 saturated carbocycles. The first-order valence-corrected chi connectivity index (χ1v) is 9.73. The summed E-state index contributed by atoms with van der Waals surface area (Å²) < 4.78 is 0. The molecule has 1 aromatic carbocycles. The molecule has 2 rings (SSSR count). The van der Waals surface area contributed by atoms with Crippen molar-refractivity contribution in [1.29, 1.82) is 0 Å². The van der Waals surface area contributed by atoms with Crippen LogP contribution in [0, 0.1) is 12.8 Å². The van der Waals surface area contributed by atoms with Gasteiger partial charge in [0.1, 0.15) is 0 Å². The Bertz CT molecular complexity index is 523. The molecule has 23 heavy (non-hydrogen) atoms. The predicted octanol–water partition coefficient (Wildman–Crippen LogP) is 5.97. The van der Waals surface area contributed by atoms with E-state index in [-0.39, 0.29) is 5.54 Å². The molecule has 2 heteroatoms. The highest BCUT2D eigenvalue weighted by molar-refractivity contribution is 7.80. The molecule has 0 saturated heterocycles. The zero-order chi connectivity index (χ0) is 17.6. The van der Waals surface area contributed by atoms with E-state index in [2.05, 4.69) is 58.2 Å². The van der Waals surface area contributed by atoms with E-state index in [0.717, 1.165) is 18.6 Å². The average Bonchev–Trinajstić information content (AvgIpc) is 2.73. The highest BCUT2D eigenvalue weighted by atomic mass is 32.1. The third-order valence-corrected chi connectivity index (χ3v) is 5.26. The van der Waals surface area contributed by atoms with Crippen LogP contribution in [0.2, 0.25) is 0 Å². The van der Waals surface area contributed by atoms with Crippen LogP contribution in [0.3, 0.4) is 0 Å². The molecule has 1 aliphatic rings. The smallest absolute Gasteiger partial charge is 0.0454 e. The molecule has 3 atom stereocenters. The molecule has 0 heterocycles. The molecule has 0 bridgehead atoms. The van der Waals surface area contributed by atoms with Gasteiger partial charge in [-0.2, -0.15) is 12.6 Å². The minimum absolute atomic E-state index is 0.223. The van der Waals surface area contributed by atoms with Crippen LogP contribution in [0.25, 0.3) is 0 Å². The number of allylic oxidation sites excluding steroid dienone is 1. The minimum atomic E-state index is -0.223. The molecule has 0 aliphatic heterocycles. The second kappa shape index (κ2) is 8.94. The van der Waals surface area contributed by atoms with Gasteiger partial charge in [-0.1, -0.05) is 51.0 Å². The summed E-state index contributed by atoms with van der Waals surface area (Å²) in [4.78, 5) is 0. The highest BCUT2D eigenvalue weighted by Gasteiger charge is 2.48. The molecule has 0 amide bonds. The van der Waals surface area contributed by atoms with Gasteiger partial charge in [-0.25, -0.2) is 0 Å². The summed E-state index contributed by atoms with van der Waals surface area (Å²) in [5, 5.41) is 0. The van der Waals surface area contributed by atoms with E-state index >= 15 is 0 Å². The Balaban J connectivity index is 0.00000127. The number of thiol groups is 1. The van der Waals surface area contributed by atoms with Crippen molar-refractivity contribution in [1.82, 2.24) is 0 Å². The van der Waals surface area contributed by atoms with Crippen molar-refractivity contribution in [2.75, 3.05) is 5.75 Å². The van der Waals surface area contributed by atoms with Crippen LogP contribution < -0.4 is 5.73 Å². The number of fused-ring (bicyclic) bond motifs is 1. The van der Waals surface area contributed by atoms with E-state index in [1.165, 1.54) is 35.1 Å². The second-order valence-electron chi connectivity index (χ2n) is 6.71. The maximum atomic E-state index is 6.97. The van der Waals surface area contributed by atoms with Crippen LogP contribution >= 0.6 is 12.6 Å². The maximum Gasteiger partial charge on any atom is 0.0454 e.